The minimum atomic E-state index is -3.68. The maximum atomic E-state index is 12.5. The Morgan fingerprint density at radius 3 is 2.81 bits per heavy atom. The van der Waals surface area contributed by atoms with Crippen molar-refractivity contribution < 1.29 is 23.1 Å². The summed E-state index contributed by atoms with van der Waals surface area (Å²) >= 11 is 0. The standard InChI is InChI=1S/C18H18N2O5S/c1-13(20-21)5-6-14-3-2-4-16(9-14)26(22,23)19-11-15-7-8-17-18(10-15)25-12-24-17/h2-10,19-21H,1,11-12H2/b6-5+. The Bertz CT molecular complexity index is 954. The van der Waals surface area contributed by atoms with Crippen LogP contribution < -0.4 is 19.7 Å². The van der Waals surface area contributed by atoms with Crippen LogP contribution in [0, 0.1) is 0 Å². The molecular weight excluding hydrogens is 356 g/mol. The minimum Gasteiger partial charge on any atom is -0.454 e. The highest BCUT2D eigenvalue weighted by molar-refractivity contribution is 7.89. The maximum absolute atomic E-state index is 12.5. The second-order valence-electron chi connectivity index (χ2n) is 5.56. The van der Waals surface area contributed by atoms with Gasteiger partial charge in [-0.15, -0.1) is 0 Å². The van der Waals surface area contributed by atoms with Crippen LogP contribution >= 0.6 is 0 Å². The summed E-state index contributed by atoms with van der Waals surface area (Å²) in [5.74, 6) is 1.25. The molecule has 3 rings (SSSR count). The van der Waals surface area contributed by atoms with Crippen LogP contribution in [-0.2, 0) is 16.6 Å². The summed E-state index contributed by atoms with van der Waals surface area (Å²) in [5, 5.41) is 8.71. The van der Waals surface area contributed by atoms with Gasteiger partial charge in [0.05, 0.1) is 10.6 Å². The molecule has 1 heterocycles. The van der Waals surface area contributed by atoms with E-state index in [-0.39, 0.29) is 18.2 Å². The number of rotatable bonds is 7. The average molecular weight is 374 g/mol. The van der Waals surface area contributed by atoms with Gasteiger partial charge in [0.1, 0.15) is 0 Å². The van der Waals surface area contributed by atoms with Crippen LogP contribution in [0.3, 0.4) is 0 Å². The van der Waals surface area contributed by atoms with Crippen molar-refractivity contribution in [1.29, 1.82) is 0 Å². The third kappa shape index (κ3) is 4.23. The Morgan fingerprint density at radius 1 is 1.19 bits per heavy atom. The first-order valence-electron chi connectivity index (χ1n) is 7.73. The van der Waals surface area contributed by atoms with Crippen LogP contribution in [0.2, 0.25) is 0 Å². The molecule has 26 heavy (non-hydrogen) atoms. The van der Waals surface area contributed by atoms with E-state index in [9.17, 15) is 8.42 Å². The van der Waals surface area contributed by atoms with Gasteiger partial charge in [0, 0.05) is 6.54 Å². The number of sulfonamides is 1. The van der Waals surface area contributed by atoms with Gasteiger partial charge in [0.15, 0.2) is 11.5 Å². The third-order valence-corrected chi connectivity index (χ3v) is 5.09. The van der Waals surface area contributed by atoms with Crippen LogP contribution in [0.4, 0.5) is 0 Å². The number of benzene rings is 2. The fraction of sp³-hybridized carbons (Fsp3) is 0.111. The summed E-state index contributed by atoms with van der Waals surface area (Å²) in [4.78, 5) is 0.142. The topological polar surface area (TPSA) is 96.9 Å². The number of hydroxylamine groups is 1. The van der Waals surface area contributed by atoms with Crippen molar-refractivity contribution in [3.05, 3.63) is 71.9 Å². The van der Waals surface area contributed by atoms with E-state index in [1.54, 1.807) is 36.4 Å². The van der Waals surface area contributed by atoms with Gasteiger partial charge in [-0.25, -0.2) is 13.1 Å². The highest BCUT2D eigenvalue weighted by atomic mass is 32.2. The summed E-state index contributed by atoms with van der Waals surface area (Å²) in [7, 11) is -3.68. The molecular formula is C18H18N2O5S. The lowest BCUT2D eigenvalue weighted by Gasteiger charge is -2.08. The number of hydrogen-bond donors (Lipinski definition) is 3. The molecule has 2 aromatic rings. The third-order valence-electron chi connectivity index (χ3n) is 3.69. The number of ether oxygens (including phenoxy) is 2. The fourth-order valence-electron chi connectivity index (χ4n) is 2.33. The number of fused-ring (bicyclic) bond motifs is 1. The molecule has 0 atom stereocenters. The lowest BCUT2D eigenvalue weighted by atomic mass is 10.2. The Kier molecular flexibility index (Phi) is 5.27. The predicted octanol–water partition coefficient (Wildman–Crippen LogP) is 2.40. The smallest absolute Gasteiger partial charge is 0.240 e. The van der Waals surface area contributed by atoms with Crippen LogP contribution in [0.25, 0.3) is 6.08 Å². The Morgan fingerprint density at radius 2 is 2.00 bits per heavy atom. The Hall–Kier alpha value is -2.81. The molecule has 136 valence electrons. The molecule has 1 aliphatic heterocycles. The van der Waals surface area contributed by atoms with Crippen LogP contribution in [0.15, 0.2) is 65.7 Å². The van der Waals surface area contributed by atoms with E-state index >= 15 is 0 Å². The number of hydrogen-bond acceptors (Lipinski definition) is 6. The van der Waals surface area contributed by atoms with Crippen molar-refractivity contribution in [2.45, 2.75) is 11.4 Å². The van der Waals surface area contributed by atoms with Gasteiger partial charge in [-0.05, 0) is 41.5 Å². The van der Waals surface area contributed by atoms with E-state index < -0.39 is 10.0 Å². The molecule has 0 saturated carbocycles. The van der Waals surface area contributed by atoms with E-state index in [0.717, 1.165) is 5.56 Å². The van der Waals surface area contributed by atoms with Gasteiger partial charge in [0.25, 0.3) is 0 Å². The largest absolute Gasteiger partial charge is 0.454 e. The normalized spacial score (nSPS) is 13.1. The van der Waals surface area contributed by atoms with Crippen LogP contribution in [-0.4, -0.2) is 20.4 Å². The van der Waals surface area contributed by atoms with E-state index in [1.165, 1.54) is 18.2 Å². The summed E-state index contributed by atoms with van der Waals surface area (Å²) < 4.78 is 38.1. The molecule has 0 unspecified atom stereocenters. The molecule has 0 saturated heterocycles. The molecule has 0 radical (unpaired) electrons. The molecule has 0 bridgehead atoms. The minimum absolute atomic E-state index is 0.129. The summed E-state index contributed by atoms with van der Waals surface area (Å²) in [6.07, 6.45) is 3.17. The van der Waals surface area contributed by atoms with Crippen LogP contribution in [0.5, 0.6) is 11.5 Å². The molecule has 0 amide bonds. The number of allylic oxidation sites excluding steroid dienone is 1. The molecule has 2 aromatic carbocycles. The van der Waals surface area contributed by atoms with E-state index in [1.807, 2.05) is 5.48 Å². The molecule has 0 aromatic heterocycles. The van der Waals surface area contributed by atoms with E-state index in [2.05, 4.69) is 11.3 Å². The van der Waals surface area contributed by atoms with Gasteiger partial charge in [-0.1, -0.05) is 30.9 Å². The Balaban J connectivity index is 1.72. The quantitative estimate of drug-likeness (QED) is 0.509. The van der Waals surface area contributed by atoms with Gasteiger partial charge < -0.3 is 9.47 Å². The first kappa shape index (κ1) is 18.0. The first-order chi connectivity index (χ1) is 12.5. The van der Waals surface area contributed by atoms with Gasteiger partial charge in [-0.2, -0.15) is 0 Å². The van der Waals surface area contributed by atoms with Gasteiger partial charge in [-0.3, -0.25) is 10.7 Å². The van der Waals surface area contributed by atoms with Crippen molar-refractivity contribution in [1.82, 2.24) is 10.2 Å². The van der Waals surface area contributed by atoms with Gasteiger partial charge >= 0.3 is 0 Å². The van der Waals surface area contributed by atoms with Crippen molar-refractivity contribution in [2.24, 2.45) is 0 Å². The van der Waals surface area contributed by atoms with Crippen molar-refractivity contribution in [3.63, 3.8) is 0 Å². The van der Waals surface area contributed by atoms with E-state index in [4.69, 9.17) is 14.7 Å². The molecule has 7 nitrogen and oxygen atoms in total. The average Bonchev–Trinajstić information content (AvgIpc) is 3.12. The lowest BCUT2D eigenvalue weighted by Crippen LogP contribution is -2.23. The van der Waals surface area contributed by atoms with Crippen molar-refractivity contribution >= 4 is 16.1 Å². The second kappa shape index (κ2) is 7.61. The second-order valence-corrected chi connectivity index (χ2v) is 7.32. The zero-order chi connectivity index (χ0) is 18.6. The summed E-state index contributed by atoms with van der Waals surface area (Å²) in [6, 6.07) is 11.7. The first-order valence-corrected chi connectivity index (χ1v) is 9.21. The predicted molar refractivity (Wildman–Crippen MR) is 96.1 cm³/mol. The van der Waals surface area contributed by atoms with Crippen LogP contribution in [0.1, 0.15) is 11.1 Å². The molecule has 0 aliphatic carbocycles. The van der Waals surface area contributed by atoms with Crippen molar-refractivity contribution in [3.8, 4) is 11.5 Å². The molecule has 3 N–H and O–H groups in total. The highest BCUT2D eigenvalue weighted by Crippen LogP contribution is 2.32. The Labute approximate surface area is 151 Å². The molecule has 0 fully saturated rings. The molecule has 0 spiro atoms. The summed E-state index contributed by atoms with van der Waals surface area (Å²) in [5.41, 5.74) is 3.62. The zero-order valence-corrected chi connectivity index (χ0v) is 14.6. The van der Waals surface area contributed by atoms with Crippen molar-refractivity contribution in [2.75, 3.05) is 6.79 Å². The highest BCUT2D eigenvalue weighted by Gasteiger charge is 2.16. The summed E-state index contributed by atoms with van der Waals surface area (Å²) in [6.45, 7) is 3.85. The maximum Gasteiger partial charge on any atom is 0.240 e. The zero-order valence-electron chi connectivity index (χ0n) is 13.8. The fourth-order valence-corrected chi connectivity index (χ4v) is 3.40. The lowest BCUT2D eigenvalue weighted by molar-refractivity contribution is 0.174. The number of nitrogens with one attached hydrogen (secondary N) is 2. The SMILES string of the molecule is C=C(/C=C/c1cccc(S(=O)(=O)NCc2ccc3c(c2)OCO3)c1)NO. The van der Waals surface area contributed by atoms with Gasteiger partial charge in [0.2, 0.25) is 16.8 Å². The molecule has 8 heteroatoms. The van der Waals surface area contributed by atoms with E-state index in [0.29, 0.717) is 22.8 Å². The molecule has 1 aliphatic rings. The monoisotopic (exact) mass is 374 g/mol.